The van der Waals surface area contributed by atoms with Crippen molar-refractivity contribution in [2.24, 2.45) is 4.99 Å². The minimum Gasteiger partial charge on any atom is -0.492 e. The number of aromatic nitrogens is 2. The van der Waals surface area contributed by atoms with Gasteiger partial charge in [0.25, 0.3) is 0 Å². The molecule has 1 aliphatic rings. The molecule has 3 heterocycles. The van der Waals surface area contributed by atoms with Gasteiger partial charge in [-0.05, 0) is 56.5 Å². The number of aliphatic carboxylic acids is 1. The van der Waals surface area contributed by atoms with Crippen LogP contribution in [0.5, 0.6) is 5.75 Å². The average Bonchev–Trinajstić information content (AvgIpc) is 3.37. The van der Waals surface area contributed by atoms with Crippen LogP contribution in [0, 0.1) is 0 Å². The van der Waals surface area contributed by atoms with Crippen LogP contribution in [0.2, 0.25) is 0 Å². The second-order valence-electron chi connectivity index (χ2n) is 6.44. The number of carboxylic acid groups (broad SMARTS) is 1. The van der Waals surface area contributed by atoms with Crippen LogP contribution in [0.15, 0.2) is 47.2 Å². The van der Waals surface area contributed by atoms with E-state index in [1.807, 2.05) is 49.5 Å². The van der Waals surface area contributed by atoms with Gasteiger partial charge in [-0.2, -0.15) is 0 Å². The maximum absolute atomic E-state index is 10.5. The Kier molecular flexibility index (Phi) is 6.30. The number of aliphatic imine (C=N–C) groups is 1. The van der Waals surface area contributed by atoms with Gasteiger partial charge in [-0.1, -0.05) is 6.42 Å². The van der Waals surface area contributed by atoms with Gasteiger partial charge in [0.1, 0.15) is 5.75 Å². The summed E-state index contributed by atoms with van der Waals surface area (Å²) in [7, 11) is 0. The highest BCUT2D eigenvalue weighted by atomic mass is 16.5. The van der Waals surface area contributed by atoms with Crippen molar-refractivity contribution < 1.29 is 14.6 Å². The van der Waals surface area contributed by atoms with Gasteiger partial charge in [-0.25, -0.2) is 0 Å². The third-order valence-corrected chi connectivity index (χ3v) is 4.33. The van der Waals surface area contributed by atoms with E-state index in [2.05, 4.69) is 15.0 Å². The minimum absolute atomic E-state index is 0.240. The van der Waals surface area contributed by atoms with Gasteiger partial charge < -0.3 is 19.8 Å². The summed E-state index contributed by atoms with van der Waals surface area (Å²) in [5, 5.41) is 8.66. The lowest BCUT2D eigenvalue weighted by molar-refractivity contribution is -0.137. The van der Waals surface area contributed by atoms with Gasteiger partial charge in [-0.15, -0.1) is 0 Å². The van der Waals surface area contributed by atoms with Crippen molar-refractivity contribution in [3.63, 3.8) is 0 Å². The summed E-state index contributed by atoms with van der Waals surface area (Å²) >= 11 is 0. The first-order valence-corrected chi connectivity index (χ1v) is 9.34. The Morgan fingerprint density at radius 2 is 2.15 bits per heavy atom. The summed E-state index contributed by atoms with van der Waals surface area (Å²) in [6.45, 7) is 2.56. The highest BCUT2D eigenvalue weighted by molar-refractivity contribution is 5.99. The smallest absolute Gasteiger partial charge is 0.303 e. The molecule has 0 aliphatic carbocycles. The molecule has 0 radical (unpaired) electrons. The molecule has 0 atom stereocenters. The lowest BCUT2D eigenvalue weighted by Gasteiger charge is -2.01. The highest BCUT2D eigenvalue weighted by Crippen LogP contribution is 2.29. The van der Waals surface area contributed by atoms with Crippen LogP contribution >= 0.6 is 0 Å². The van der Waals surface area contributed by atoms with E-state index in [0.717, 1.165) is 59.9 Å². The van der Waals surface area contributed by atoms with Crippen LogP contribution in [0.3, 0.4) is 0 Å². The number of hydrogen-bond acceptors (Lipinski definition) is 3. The van der Waals surface area contributed by atoms with Crippen LogP contribution < -0.4 is 4.74 Å². The predicted molar refractivity (Wildman–Crippen MR) is 107 cm³/mol. The Morgan fingerprint density at radius 3 is 2.89 bits per heavy atom. The molecule has 6 heteroatoms. The van der Waals surface area contributed by atoms with E-state index < -0.39 is 5.97 Å². The van der Waals surface area contributed by atoms with Crippen LogP contribution in [-0.4, -0.2) is 33.4 Å². The number of aromatic amines is 2. The molecule has 0 saturated carbocycles. The molecule has 3 rings (SSSR count). The average molecular weight is 367 g/mol. The number of carboxylic acids is 1. The standard InChI is InChI=1S/C21H25N3O3/c1-2-27-20-14-18(17-8-6-12-22-17)24-19(20)13-16-11-10-15(23-16)7-4-3-5-9-21(25)26/h6,8,10-14,22,24H,2-5,7,9H2,1H3,(H,25,26). The molecule has 3 N–H and O–H groups in total. The van der Waals surface area contributed by atoms with Gasteiger partial charge in [0.15, 0.2) is 0 Å². The summed E-state index contributed by atoms with van der Waals surface area (Å²) in [5.41, 5.74) is 4.79. The summed E-state index contributed by atoms with van der Waals surface area (Å²) in [5.74, 6) is 0.0772. The highest BCUT2D eigenvalue weighted by Gasteiger charge is 2.12. The van der Waals surface area contributed by atoms with Crippen LogP contribution in [-0.2, 0) is 4.79 Å². The Morgan fingerprint density at radius 1 is 1.26 bits per heavy atom. The van der Waals surface area contributed by atoms with Gasteiger partial charge in [0, 0.05) is 24.4 Å². The number of allylic oxidation sites excluding steroid dienone is 2. The molecule has 0 unspecified atom stereocenters. The fourth-order valence-electron chi connectivity index (χ4n) is 3.03. The van der Waals surface area contributed by atoms with E-state index in [-0.39, 0.29) is 6.42 Å². The molecule has 0 fully saturated rings. The molecule has 0 aromatic carbocycles. The fourth-order valence-corrected chi connectivity index (χ4v) is 3.03. The second-order valence-corrected chi connectivity index (χ2v) is 6.44. The minimum atomic E-state index is -0.729. The zero-order valence-electron chi connectivity index (χ0n) is 15.5. The van der Waals surface area contributed by atoms with Crippen molar-refractivity contribution in [1.82, 2.24) is 9.97 Å². The van der Waals surface area contributed by atoms with Crippen molar-refractivity contribution in [1.29, 1.82) is 0 Å². The summed E-state index contributed by atoms with van der Waals surface area (Å²) in [6, 6.07) is 5.96. The largest absolute Gasteiger partial charge is 0.492 e. The molecule has 2 aromatic heterocycles. The third-order valence-electron chi connectivity index (χ3n) is 4.33. The quantitative estimate of drug-likeness (QED) is 0.527. The van der Waals surface area contributed by atoms with E-state index >= 15 is 0 Å². The number of nitrogens with zero attached hydrogens (tertiary/aromatic N) is 1. The molecule has 142 valence electrons. The van der Waals surface area contributed by atoms with Crippen molar-refractivity contribution in [2.75, 3.05) is 6.61 Å². The second kappa shape index (κ2) is 9.07. The predicted octanol–water partition coefficient (Wildman–Crippen LogP) is 4.80. The molecule has 0 saturated heterocycles. The van der Waals surface area contributed by atoms with Gasteiger partial charge in [0.2, 0.25) is 0 Å². The molecule has 27 heavy (non-hydrogen) atoms. The van der Waals surface area contributed by atoms with E-state index in [4.69, 9.17) is 9.84 Å². The summed E-state index contributed by atoms with van der Waals surface area (Å²) in [4.78, 5) is 21.8. The Labute approximate surface area is 158 Å². The van der Waals surface area contributed by atoms with E-state index in [9.17, 15) is 4.79 Å². The van der Waals surface area contributed by atoms with E-state index in [0.29, 0.717) is 6.61 Å². The lowest BCUT2D eigenvalue weighted by Crippen LogP contribution is -1.95. The zero-order valence-corrected chi connectivity index (χ0v) is 15.5. The topological polar surface area (TPSA) is 90.5 Å². The number of rotatable bonds is 10. The van der Waals surface area contributed by atoms with Gasteiger partial charge in [0.05, 0.1) is 29.4 Å². The molecule has 0 bridgehead atoms. The maximum atomic E-state index is 10.5. The molecular weight excluding hydrogens is 342 g/mol. The third kappa shape index (κ3) is 5.23. The number of nitrogens with one attached hydrogen (secondary N) is 2. The maximum Gasteiger partial charge on any atom is 0.303 e. The number of ether oxygens (including phenoxy) is 1. The molecule has 2 aromatic rings. The van der Waals surface area contributed by atoms with Crippen LogP contribution in [0.1, 0.15) is 44.7 Å². The van der Waals surface area contributed by atoms with Crippen LogP contribution in [0.25, 0.3) is 17.5 Å². The van der Waals surface area contributed by atoms with Crippen LogP contribution in [0.4, 0.5) is 0 Å². The molecule has 6 nitrogen and oxygen atoms in total. The Balaban J connectivity index is 1.65. The Bertz CT molecular complexity index is 857. The van der Waals surface area contributed by atoms with Crippen molar-refractivity contribution >= 4 is 17.8 Å². The van der Waals surface area contributed by atoms with Crippen molar-refractivity contribution in [3.05, 3.63) is 47.9 Å². The molecular formula is C21H25N3O3. The first-order valence-electron chi connectivity index (χ1n) is 9.34. The number of hydrogen-bond donors (Lipinski definition) is 3. The van der Waals surface area contributed by atoms with E-state index in [1.54, 1.807) is 0 Å². The summed E-state index contributed by atoms with van der Waals surface area (Å²) < 4.78 is 5.75. The molecule has 1 aliphatic heterocycles. The molecule has 0 amide bonds. The Hall–Kier alpha value is -3.02. The monoisotopic (exact) mass is 367 g/mol. The van der Waals surface area contributed by atoms with Gasteiger partial charge >= 0.3 is 5.97 Å². The SMILES string of the molecule is CCOc1cc(-c2ccc[nH]2)[nH]c1C=C1C=CC(CCCCCC(=O)O)=N1. The lowest BCUT2D eigenvalue weighted by atomic mass is 10.1. The number of H-pyrrole nitrogens is 2. The van der Waals surface area contributed by atoms with Gasteiger partial charge in [-0.3, -0.25) is 9.79 Å². The fraction of sp³-hybridized carbons (Fsp3) is 0.333. The zero-order chi connectivity index (χ0) is 19.1. The first-order chi connectivity index (χ1) is 13.2. The number of carbonyl (C=O) groups is 1. The number of unbranched alkanes of at least 4 members (excludes halogenated alkanes) is 2. The van der Waals surface area contributed by atoms with E-state index in [1.165, 1.54) is 0 Å². The molecule has 0 spiro atoms. The van der Waals surface area contributed by atoms with Crippen molar-refractivity contribution in [2.45, 2.75) is 39.0 Å². The first kappa shape index (κ1) is 18.8. The summed E-state index contributed by atoms with van der Waals surface area (Å²) in [6.07, 6.45) is 11.6. The van der Waals surface area contributed by atoms with Crippen molar-refractivity contribution in [3.8, 4) is 17.1 Å². The normalized spacial score (nSPS) is 14.7.